The van der Waals surface area contributed by atoms with Crippen LogP contribution in [0.1, 0.15) is 27.2 Å². The van der Waals surface area contributed by atoms with E-state index in [1.54, 1.807) is 4.90 Å². The zero-order chi connectivity index (χ0) is 15.0. The van der Waals surface area contributed by atoms with Gasteiger partial charge < -0.3 is 15.5 Å². The first-order valence-electron chi connectivity index (χ1n) is 6.77. The van der Waals surface area contributed by atoms with E-state index in [2.05, 4.69) is 25.6 Å². The third kappa shape index (κ3) is 5.16. The fourth-order valence-electron chi connectivity index (χ4n) is 1.59. The molecular weight excluding hydrogens is 280 g/mol. The van der Waals surface area contributed by atoms with Gasteiger partial charge in [0.2, 0.25) is 23.1 Å². The van der Waals surface area contributed by atoms with E-state index in [1.807, 2.05) is 20.8 Å². The summed E-state index contributed by atoms with van der Waals surface area (Å²) < 4.78 is 0. The fourth-order valence-corrected chi connectivity index (χ4v) is 1.75. The van der Waals surface area contributed by atoms with Gasteiger partial charge in [-0.3, -0.25) is 4.79 Å². The molecule has 0 saturated carbocycles. The van der Waals surface area contributed by atoms with Crippen molar-refractivity contribution in [1.82, 2.24) is 19.9 Å². The molecule has 0 aliphatic carbocycles. The van der Waals surface area contributed by atoms with Gasteiger partial charge in [-0.1, -0.05) is 6.92 Å². The van der Waals surface area contributed by atoms with E-state index in [0.29, 0.717) is 25.0 Å². The lowest BCUT2D eigenvalue weighted by molar-refractivity contribution is -0.128. The summed E-state index contributed by atoms with van der Waals surface area (Å²) in [4.78, 5) is 25.7. The summed E-state index contributed by atoms with van der Waals surface area (Å²) in [6.45, 7) is 8.16. The summed E-state index contributed by atoms with van der Waals surface area (Å²) in [6.07, 6.45) is 0.951. The number of nitrogens with one attached hydrogen (secondary N) is 2. The van der Waals surface area contributed by atoms with Crippen molar-refractivity contribution >= 4 is 29.4 Å². The van der Waals surface area contributed by atoms with Gasteiger partial charge in [-0.25, -0.2) is 0 Å². The SMILES string of the molecule is CCCNc1nc(Cl)nc(NCC(=O)N(CC)CC)n1. The van der Waals surface area contributed by atoms with Crippen LogP contribution < -0.4 is 10.6 Å². The Hall–Kier alpha value is -1.63. The van der Waals surface area contributed by atoms with Crippen LogP contribution in [-0.4, -0.2) is 51.9 Å². The van der Waals surface area contributed by atoms with E-state index >= 15 is 0 Å². The van der Waals surface area contributed by atoms with Gasteiger partial charge in [0, 0.05) is 19.6 Å². The Morgan fingerprint density at radius 2 is 1.70 bits per heavy atom. The molecule has 0 unspecified atom stereocenters. The van der Waals surface area contributed by atoms with Gasteiger partial charge in [-0.15, -0.1) is 0 Å². The monoisotopic (exact) mass is 300 g/mol. The van der Waals surface area contributed by atoms with E-state index in [9.17, 15) is 4.79 Å². The maximum absolute atomic E-state index is 11.9. The van der Waals surface area contributed by atoms with Crippen molar-refractivity contribution < 1.29 is 4.79 Å². The molecule has 2 N–H and O–H groups in total. The molecule has 1 heterocycles. The van der Waals surface area contributed by atoms with E-state index in [1.165, 1.54) is 0 Å². The minimum Gasteiger partial charge on any atom is -0.354 e. The number of rotatable bonds is 8. The number of carbonyl (C=O) groups is 1. The zero-order valence-corrected chi connectivity index (χ0v) is 12.9. The van der Waals surface area contributed by atoms with Crippen LogP contribution in [0.4, 0.5) is 11.9 Å². The first-order valence-corrected chi connectivity index (χ1v) is 7.15. The smallest absolute Gasteiger partial charge is 0.241 e. The predicted octanol–water partition coefficient (Wildman–Crippen LogP) is 1.63. The highest BCUT2D eigenvalue weighted by atomic mass is 35.5. The highest BCUT2D eigenvalue weighted by molar-refractivity contribution is 6.28. The lowest BCUT2D eigenvalue weighted by Gasteiger charge is -2.18. The van der Waals surface area contributed by atoms with Crippen molar-refractivity contribution in [3.8, 4) is 0 Å². The van der Waals surface area contributed by atoms with Gasteiger partial charge in [0.1, 0.15) is 0 Å². The van der Waals surface area contributed by atoms with Gasteiger partial charge in [-0.2, -0.15) is 15.0 Å². The molecule has 1 amide bonds. The van der Waals surface area contributed by atoms with Crippen LogP contribution in [0.2, 0.25) is 5.28 Å². The normalized spacial score (nSPS) is 10.2. The lowest BCUT2D eigenvalue weighted by atomic mass is 10.4. The van der Waals surface area contributed by atoms with E-state index < -0.39 is 0 Å². The van der Waals surface area contributed by atoms with Crippen LogP contribution >= 0.6 is 11.6 Å². The fraction of sp³-hybridized carbons (Fsp3) is 0.667. The number of halogens is 1. The van der Waals surface area contributed by atoms with Gasteiger partial charge in [0.15, 0.2) is 0 Å². The summed E-state index contributed by atoms with van der Waals surface area (Å²) in [7, 11) is 0. The third-order valence-corrected chi connectivity index (χ3v) is 2.82. The zero-order valence-electron chi connectivity index (χ0n) is 12.1. The van der Waals surface area contributed by atoms with E-state index in [0.717, 1.165) is 13.0 Å². The molecule has 0 bridgehead atoms. The molecule has 8 heteroatoms. The standard InChI is InChI=1S/C12H21ClN6O/c1-4-7-14-11-16-10(13)17-12(18-11)15-8-9(20)19(5-2)6-3/h4-8H2,1-3H3,(H2,14,15,16,17,18). The first-order chi connectivity index (χ1) is 9.60. The number of anilines is 2. The molecule has 7 nitrogen and oxygen atoms in total. The van der Waals surface area contributed by atoms with E-state index in [-0.39, 0.29) is 17.7 Å². The van der Waals surface area contributed by atoms with Gasteiger partial charge >= 0.3 is 0 Å². The maximum Gasteiger partial charge on any atom is 0.241 e. The van der Waals surface area contributed by atoms with Gasteiger partial charge in [0.25, 0.3) is 0 Å². The van der Waals surface area contributed by atoms with Crippen LogP contribution in [0, 0.1) is 0 Å². The second-order valence-electron chi connectivity index (χ2n) is 4.10. The van der Waals surface area contributed by atoms with Crippen molar-refractivity contribution in [1.29, 1.82) is 0 Å². The molecule has 1 rings (SSSR count). The summed E-state index contributed by atoms with van der Waals surface area (Å²) in [6, 6.07) is 0. The minimum atomic E-state index is -0.00500. The largest absolute Gasteiger partial charge is 0.354 e. The Morgan fingerprint density at radius 3 is 2.25 bits per heavy atom. The molecule has 0 aromatic carbocycles. The molecular formula is C12H21ClN6O. The van der Waals surface area contributed by atoms with Crippen LogP contribution in [0.5, 0.6) is 0 Å². The molecule has 0 radical (unpaired) electrons. The highest BCUT2D eigenvalue weighted by Crippen LogP contribution is 2.09. The minimum absolute atomic E-state index is 0.00500. The molecule has 0 saturated heterocycles. The average Bonchev–Trinajstić information content (AvgIpc) is 2.43. The molecule has 0 spiro atoms. The number of nitrogens with zero attached hydrogens (tertiary/aromatic N) is 4. The topological polar surface area (TPSA) is 83.0 Å². The number of hydrogen-bond donors (Lipinski definition) is 2. The third-order valence-electron chi connectivity index (χ3n) is 2.66. The summed E-state index contributed by atoms with van der Waals surface area (Å²) in [5, 5.41) is 5.99. The first kappa shape index (κ1) is 16.4. The molecule has 0 fully saturated rings. The quantitative estimate of drug-likeness (QED) is 0.759. The summed E-state index contributed by atoms with van der Waals surface area (Å²) in [5.41, 5.74) is 0. The average molecular weight is 301 g/mol. The molecule has 20 heavy (non-hydrogen) atoms. The lowest BCUT2D eigenvalue weighted by Crippen LogP contribution is -2.35. The van der Waals surface area contributed by atoms with Crippen molar-refractivity contribution in [2.24, 2.45) is 0 Å². The van der Waals surface area contributed by atoms with Crippen molar-refractivity contribution in [3.63, 3.8) is 0 Å². The maximum atomic E-state index is 11.9. The molecule has 1 aromatic rings. The van der Waals surface area contributed by atoms with Gasteiger partial charge in [0.05, 0.1) is 6.54 Å². The Kier molecular flexibility index (Phi) is 7.00. The molecule has 0 atom stereocenters. The molecule has 0 aliphatic heterocycles. The molecule has 112 valence electrons. The van der Waals surface area contributed by atoms with Crippen LogP contribution in [-0.2, 0) is 4.79 Å². The second-order valence-corrected chi connectivity index (χ2v) is 4.44. The number of aromatic nitrogens is 3. The molecule has 0 aliphatic rings. The van der Waals surface area contributed by atoms with E-state index in [4.69, 9.17) is 11.6 Å². The Labute approximate surface area is 124 Å². The number of hydrogen-bond acceptors (Lipinski definition) is 6. The van der Waals surface area contributed by atoms with Gasteiger partial charge in [-0.05, 0) is 31.9 Å². The number of amides is 1. The second kappa shape index (κ2) is 8.52. The number of carbonyl (C=O) groups excluding carboxylic acids is 1. The molecule has 1 aromatic heterocycles. The summed E-state index contributed by atoms with van der Waals surface area (Å²) in [5.74, 6) is 0.698. The number of likely N-dealkylation sites (N-methyl/N-ethyl adjacent to an activating group) is 1. The van der Waals surface area contributed by atoms with Crippen molar-refractivity contribution in [2.45, 2.75) is 27.2 Å². The van der Waals surface area contributed by atoms with Crippen molar-refractivity contribution in [2.75, 3.05) is 36.8 Å². The van der Waals surface area contributed by atoms with Crippen LogP contribution in [0.15, 0.2) is 0 Å². The Morgan fingerprint density at radius 1 is 1.10 bits per heavy atom. The van der Waals surface area contributed by atoms with Crippen LogP contribution in [0.3, 0.4) is 0 Å². The summed E-state index contributed by atoms with van der Waals surface area (Å²) >= 11 is 5.82. The Bertz CT molecular complexity index is 438. The Balaban J connectivity index is 2.63. The van der Waals surface area contributed by atoms with Crippen LogP contribution in [0.25, 0.3) is 0 Å². The highest BCUT2D eigenvalue weighted by Gasteiger charge is 2.10. The van der Waals surface area contributed by atoms with Crippen molar-refractivity contribution in [3.05, 3.63) is 5.28 Å². The predicted molar refractivity (Wildman–Crippen MR) is 80.0 cm³/mol.